The molecule has 2 aromatic carbocycles. The third-order valence-electron chi connectivity index (χ3n) is 5.62. The summed E-state index contributed by atoms with van der Waals surface area (Å²) in [6, 6.07) is 6.74. The van der Waals surface area contributed by atoms with Gasteiger partial charge in [-0.3, -0.25) is 9.59 Å². The summed E-state index contributed by atoms with van der Waals surface area (Å²) in [5.74, 6) is 1.05. The van der Waals surface area contributed by atoms with Gasteiger partial charge in [0.05, 0.1) is 24.3 Å². The summed E-state index contributed by atoms with van der Waals surface area (Å²) in [4.78, 5) is 24.1. The van der Waals surface area contributed by atoms with Crippen LogP contribution in [0.1, 0.15) is 90.6 Å². The van der Waals surface area contributed by atoms with Gasteiger partial charge in [-0.1, -0.05) is 13.8 Å². The van der Waals surface area contributed by atoms with Gasteiger partial charge in [0.2, 0.25) is 0 Å². The van der Waals surface area contributed by atoms with Gasteiger partial charge in [-0.25, -0.2) is 0 Å². The van der Waals surface area contributed by atoms with Crippen LogP contribution in [0.4, 0.5) is 0 Å². The van der Waals surface area contributed by atoms with Gasteiger partial charge in [0.1, 0.15) is 23.0 Å². The second-order valence-electron chi connectivity index (χ2n) is 8.27. The average molecular weight is 457 g/mol. The van der Waals surface area contributed by atoms with Crippen molar-refractivity contribution in [2.24, 2.45) is 0 Å². The Kier molecular flexibility index (Phi) is 10.2. The van der Waals surface area contributed by atoms with E-state index >= 15 is 0 Å². The van der Waals surface area contributed by atoms with Crippen molar-refractivity contribution in [1.29, 1.82) is 0 Å². The standard InChI is InChI=1S/C27H36O6/c1-5-10-22(28)20-12-14-24(18(3)26(20)30)32-16-8-7-9-17-33-25-15-13-21(23(29)11-6-2)27(31)19(25)4/h12-15,30-31H,5-11,16-17H2,1-4H3. The maximum atomic E-state index is 12.1. The smallest absolute Gasteiger partial charge is 0.166 e. The number of carbonyl (C=O) groups is 2. The molecule has 0 unspecified atom stereocenters. The predicted octanol–water partition coefficient (Wildman–Crippen LogP) is 6.31. The molecule has 0 heterocycles. The van der Waals surface area contributed by atoms with Crippen LogP contribution in [0.5, 0.6) is 23.0 Å². The van der Waals surface area contributed by atoms with Gasteiger partial charge in [-0.15, -0.1) is 0 Å². The minimum Gasteiger partial charge on any atom is -0.507 e. The van der Waals surface area contributed by atoms with Gasteiger partial charge in [0.15, 0.2) is 11.6 Å². The van der Waals surface area contributed by atoms with E-state index in [1.54, 1.807) is 38.1 Å². The molecule has 0 spiro atoms. The second kappa shape index (κ2) is 12.9. The molecule has 6 heteroatoms. The fourth-order valence-electron chi connectivity index (χ4n) is 3.59. The lowest BCUT2D eigenvalue weighted by Crippen LogP contribution is -2.05. The number of unbranched alkanes of at least 4 members (excludes halogenated alkanes) is 2. The zero-order chi connectivity index (χ0) is 24.4. The van der Waals surface area contributed by atoms with Crippen LogP contribution in [0.3, 0.4) is 0 Å². The summed E-state index contributed by atoms with van der Waals surface area (Å²) in [5.41, 5.74) is 1.86. The SMILES string of the molecule is CCCC(=O)c1ccc(OCCCCCOc2ccc(C(=O)CCC)c(O)c2C)c(C)c1O. The first kappa shape index (κ1) is 26.2. The van der Waals surface area contributed by atoms with Gasteiger partial charge in [0.25, 0.3) is 0 Å². The van der Waals surface area contributed by atoms with E-state index < -0.39 is 0 Å². The van der Waals surface area contributed by atoms with Crippen LogP contribution < -0.4 is 9.47 Å². The number of Topliss-reactive ketones (excluding diaryl/α,β-unsaturated/α-hetero) is 2. The van der Waals surface area contributed by atoms with E-state index in [1.165, 1.54) is 0 Å². The minimum atomic E-state index is -0.0598. The number of hydrogen-bond acceptors (Lipinski definition) is 6. The Morgan fingerprint density at radius 1 is 0.697 bits per heavy atom. The molecule has 0 radical (unpaired) electrons. The highest BCUT2D eigenvalue weighted by atomic mass is 16.5. The van der Waals surface area contributed by atoms with E-state index in [-0.39, 0.29) is 23.1 Å². The largest absolute Gasteiger partial charge is 0.507 e. The molecule has 0 atom stereocenters. The van der Waals surface area contributed by atoms with Crippen LogP contribution in [-0.4, -0.2) is 35.0 Å². The van der Waals surface area contributed by atoms with Crippen LogP contribution >= 0.6 is 0 Å². The highest BCUT2D eigenvalue weighted by molar-refractivity contribution is 5.99. The van der Waals surface area contributed by atoms with E-state index in [1.807, 2.05) is 13.8 Å². The van der Waals surface area contributed by atoms with Crippen LogP contribution in [-0.2, 0) is 0 Å². The number of ether oxygens (including phenoxy) is 2. The van der Waals surface area contributed by atoms with Crippen LogP contribution in [0.2, 0.25) is 0 Å². The van der Waals surface area contributed by atoms with E-state index in [9.17, 15) is 19.8 Å². The summed E-state index contributed by atoms with van der Waals surface area (Å²) in [6.07, 6.45) is 4.82. The molecule has 180 valence electrons. The van der Waals surface area contributed by atoms with Crippen LogP contribution in [0.25, 0.3) is 0 Å². The van der Waals surface area contributed by atoms with Crippen molar-refractivity contribution < 1.29 is 29.3 Å². The fourth-order valence-corrected chi connectivity index (χ4v) is 3.59. The summed E-state index contributed by atoms with van der Waals surface area (Å²) in [7, 11) is 0. The molecule has 0 saturated heterocycles. The van der Waals surface area contributed by atoms with E-state index in [0.29, 0.717) is 59.8 Å². The first-order chi connectivity index (χ1) is 15.8. The number of hydrogen-bond donors (Lipinski definition) is 2. The fraction of sp³-hybridized carbons (Fsp3) is 0.481. The lowest BCUT2D eigenvalue weighted by Gasteiger charge is -2.14. The van der Waals surface area contributed by atoms with Gasteiger partial charge in [-0.2, -0.15) is 0 Å². The summed E-state index contributed by atoms with van der Waals surface area (Å²) in [6.45, 7) is 8.36. The van der Waals surface area contributed by atoms with Crippen molar-refractivity contribution in [2.75, 3.05) is 13.2 Å². The van der Waals surface area contributed by atoms with Gasteiger partial charge >= 0.3 is 0 Å². The summed E-state index contributed by atoms with van der Waals surface area (Å²) < 4.78 is 11.6. The molecule has 2 N–H and O–H groups in total. The number of aromatic hydroxyl groups is 2. The Hall–Kier alpha value is -3.02. The topological polar surface area (TPSA) is 93.1 Å². The van der Waals surface area contributed by atoms with Crippen molar-refractivity contribution in [2.45, 2.75) is 72.6 Å². The molecule has 0 aliphatic carbocycles. The average Bonchev–Trinajstić information content (AvgIpc) is 2.78. The van der Waals surface area contributed by atoms with Gasteiger partial charge in [-0.05, 0) is 70.2 Å². The lowest BCUT2D eigenvalue weighted by molar-refractivity contribution is 0.0970. The van der Waals surface area contributed by atoms with E-state index in [2.05, 4.69) is 0 Å². The first-order valence-corrected chi connectivity index (χ1v) is 11.8. The summed E-state index contributed by atoms with van der Waals surface area (Å²) >= 11 is 0. The number of carbonyl (C=O) groups excluding carboxylic acids is 2. The Bertz CT molecular complexity index is 886. The molecule has 0 bridgehead atoms. The number of phenols is 2. The zero-order valence-electron chi connectivity index (χ0n) is 20.2. The zero-order valence-corrected chi connectivity index (χ0v) is 20.2. The highest BCUT2D eigenvalue weighted by Gasteiger charge is 2.16. The molecule has 6 nitrogen and oxygen atoms in total. The summed E-state index contributed by atoms with van der Waals surface area (Å²) in [5, 5.41) is 20.6. The number of ketones is 2. The van der Waals surface area contributed by atoms with Gasteiger partial charge in [0, 0.05) is 24.0 Å². The van der Waals surface area contributed by atoms with E-state index in [0.717, 1.165) is 32.1 Å². The normalized spacial score (nSPS) is 10.8. The number of rotatable bonds is 14. The molecule has 0 aliphatic heterocycles. The van der Waals surface area contributed by atoms with Gasteiger partial charge < -0.3 is 19.7 Å². The van der Waals surface area contributed by atoms with E-state index in [4.69, 9.17) is 9.47 Å². The third kappa shape index (κ3) is 6.98. The molecule has 33 heavy (non-hydrogen) atoms. The minimum absolute atomic E-state index is 0.000357. The molecule has 0 aliphatic rings. The Labute approximate surface area is 196 Å². The second-order valence-corrected chi connectivity index (χ2v) is 8.27. The Balaban J connectivity index is 1.76. The van der Waals surface area contributed by atoms with Crippen LogP contribution in [0.15, 0.2) is 24.3 Å². The molecule has 2 aromatic rings. The van der Waals surface area contributed by atoms with Crippen molar-refractivity contribution in [1.82, 2.24) is 0 Å². The quantitative estimate of drug-likeness (QED) is 0.256. The maximum Gasteiger partial charge on any atom is 0.166 e. The van der Waals surface area contributed by atoms with Crippen LogP contribution in [0, 0.1) is 13.8 Å². The first-order valence-electron chi connectivity index (χ1n) is 11.8. The molecule has 0 amide bonds. The molecule has 0 aromatic heterocycles. The molecular weight excluding hydrogens is 420 g/mol. The van der Waals surface area contributed by atoms with Crippen molar-refractivity contribution in [3.63, 3.8) is 0 Å². The Morgan fingerprint density at radius 3 is 1.45 bits per heavy atom. The molecule has 0 saturated carbocycles. The predicted molar refractivity (Wildman–Crippen MR) is 129 cm³/mol. The highest BCUT2D eigenvalue weighted by Crippen LogP contribution is 2.32. The number of phenolic OH excluding ortho intramolecular Hbond substituents is 2. The van der Waals surface area contributed by atoms with Crippen molar-refractivity contribution in [3.05, 3.63) is 46.5 Å². The molecule has 0 fully saturated rings. The monoisotopic (exact) mass is 456 g/mol. The Morgan fingerprint density at radius 2 is 1.09 bits per heavy atom. The number of benzene rings is 2. The van der Waals surface area contributed by atoms with Crippen molar-refractivity contribution in [3.8, 4) is 23.0 Å². The third-order valence-corrected chi connectivity index (χ3v) is 5.62. The maximum absolute atomic E-state index is 12.1. The molecule has 2 rings (SSSR count). The molecular formula is C27H36O6. The lowest BCUT2D eigenvalue weighted by atomic mass is 10.0. The van der Waals surface area contributed by atoms with Crippen molar-refractivity contribution >= 4 is 11.6 Å².